The van der Waals surface area contributed by atoms with Crippen molar-refractivity contribution in [2.45, 2.75) is 26.0 Å². The minimum atomic E-state index is 0.226. The Kier molecular flexibility index (Phi) is 5.09. The monoisotopic (exact) mass is 258 g/mol. The molecule has 0 spiro atoms. The molecule has 2 heterocycles. The Labute approximate surface area is 105 Å². The Hall–Kier alpha value is -0.100. The standard InChI is InChI=1S/C11H18N2OS2/c1-2-3-12-6-9-7-16-11(13-9)10-8-15-5-4-14-10/h7,10,12H,2-6,8H2,1H3. The van der Waals surface area contributed by atoms with Gasteiger partial charge in [-0.25, -0.2) is 4.98 Å². The molecule has 1 fully saturated rings. The molecule has 2 rings (SSSR count). The van der Waals surface area contributed by atoms with Crippen molar-refractivity contribution in [2.75, 3.05) is 24.7 Å². The molecule has 0 saturated carbocycles. The van der Waals surface area contributed by atoms with Crippen LogP contribution in [0.25, 0.3) is 0 Å². The molecule has 3 nitrogen and oxygen atoms in total. The second-order valence-corrected chi connectivity index (χ2v) is 5.83. The summed E-state index contributed by atoms with van der Waals surface area (Å²) in [5.74, 6) is 2.17. The van der Waals surface area contributed by atoms with Gasteiger partial charge < -0.3 is 10.1 Å². The van der Waals surface area contributed by atoms with Gasteiger partial charge in [0.15, 0.2) is 0 Å². The zero-order chi connectivity index (χ0) is 11.2. The third-order valence-electron chi connectivity index (χ3n) is 2.39. The lowest BCUT2D eigenvalue weighted by Gasteiger charge is -2.19. The van der Waals surface area contributed by atoms with Crippen LogP contribution in [0.15, 0.2) is 5.38 Å². The molecule has 90 valence electrons. The fourth-order valence-electron chi connectivity index (χ4n) is 1.58. The maximum atomic E-state index is 5.71. The van der Waals surface area contributed by atoms with E-state index in [0.717, 1.165) is 41.9 Å². The summed E-state index contributed by atoms with van der Waals surface area (Å²) < 4.78 is 5.71. The summed E-state index contributed by atoms with van der Waals surface area (Å²) in [5.41, 5.74) is 1.15. The second-order valence-electron chi connectivity index (χ2n) is 3.79. The van der Waals surface area contributed by atoms with Gasteiger partial charge in [0.1, 0.15) is 11.1 Å². The highest BCUT2D eigenvalue weighted by Gasteiger charge is 2.19. The van der Waals surface area contributed by atoms with Gasteiger partial charge in [-0.2, -0.15) is 11.8 Å². The van der Waals surface area contributed by atoms with Gasteiger partial charge in [-0.05, 0) is 13.0 Å². The maximum absolute atomic E-state index is 5.71. The minimum Gasteiger partial charge on any atom is -0.369 e. The molecule has 5 heteroatoms. The third-order valence-corrected chi connectivity index (χ3v) is 4.37. The predicted molar refractivity (Wildman–Crippen MR) is 70.1 cm³/mol. The molecule has 1 saturated heterocycles. The number of thiazole rings is 1. The molecule has 1 atom stereocenters. The van der Waals surface area contributed by atoms with Crippen molar-refractivity contribution in [3.05, 3.63) is 16.1 Å². The van der Waals surface area contributed by atoms with Crippen LogP contribution in [-0.2, 0) is 11.3 Å². The van der Waals surface area contributed by atoms with Crippen molar-refractivity contribution >= 4 is 23.1 Å². The number of rotatable bonds is 5. The van der Waals surface area contributed by atoms with Crippen LogP contribution in [0.1, 0.15) is 30.2 Å². The molecule has 1 N–H and O–H groups in total. The van der Waals surface area contributed by atoms with Crippen LogP contribution in [0.4, 0.5) is 0 Å². The first kappa shape index (κ1) is 12.4. The van der Waals surface area contributed by atoms with Crippen molar-refractivity contribution in [3.63, 3.8) is 0 Å². The lowest BCUT2D eigenvalue weighted by Crippen LogP contribution is -2.16. The number of hydrogen-bond donors (Lipinski definition) is 1. The van der Waals surface area contributed by atoms with Crippen LogP contribution in [0, 0.1) is 0 Å². The molecule has 1 aliphatic rings. The van der Waals surface area contributed by atoms with E-state index >= 15 is 0 Å². The van der Waals surface area contributed by atoms with Crippen molar-refractivity contribution in [1.29, 1.82) is 0 Å². The summed E-state index contributed by atoms with van der Waals surface area (Å²) in [7, 11) is 0. The first-order valence-corrected chi connectivity index (χ1v) is 7.78. The van der Waals surface area contributed by atoms with Gasteiger partial charge in [-0.1, -0.05) is 6.92 Å². The summed E-state index contributed by atoms with van der Waals surface area (Å²) in [4.78, 5) is 4.62. The van der Waals surface area contributed by atoms with Crippen molar-refractivity contribution in [3.8, 4) is 0 Å². The number of thioether (sulfide) groups is 1. The molecule has 0 aromatic carbocycles. The van der Waals surface area contributed by atoms with Crippen LogP contribution in [-0.4, -0.2) is 29.6 Å². The highest BCUT2D eigenvalue weighted by molar-refractivity contribution is 7.99. The van der Waals surface area contributed by atoms with E-state index in [9.17, 15) is 0 Å². The molecule has 0 aliphatic carbocycles. The summed E-state index contributed by atoms with van der Waals surface area (Å²) in [5, 5.41) is 6.64. The Balaban J connectivity index is 1.85. The number of hydrogen-bond acceptors (Lipinski definition) is 5. The average Bonchev–Trinajstić information content (AvgIpc) is 2.79. The average molecular weight is 258 g/mol. The Morgan fingerprint density at radius 2 is 2.56 bits per heavy atom. The molecule has 1 aromatic heterocycles. The van der Waals surface area contributed by atoms with E-state index in [-0.39, 0.29) is 6.10 Å². The minimum absolute atomic E-state index is 0.226. The van der Waals surface area contributed by atoms with Gasteiger partial charge in [0.05, 0.1) is 12.3 Å². The molecule has 1 unspecified atom stereocenters. The molecular formula is C11H18N2OS2. The van der Waals surface area contributed by atoms with E-state index in [1.54, 1.807) is 11.3 Å². The Morgan fingerprint density at radius 3 is 3.31 bits per heavy atom. The van der Waals surface area contributed by atoms with E-state index in [2.05, 4.69) is 22.6 Å². The van der Waals surface area contributed by atoms with E-state index in [1.807, 2.05) is 11.8 Å². The predicted octanol–water partition coefficient (Wildman–Crippen LogP) is 2.45. The summed E-state index contributed by atoms with van der Waals surface area (Å²) in [6.45, 7) is 4.97. The Bertz CT molecular complexity index is 311. The fourth-order valence-corrected chi connectivity index (χ4v) is 3.40. The highest BCUT2D eigenvalue weighted by Crippen LogP contribution is 2.28. The molecule has 1 aliphatic heterocycles. The van der Waals surface area contributed by atoms with Crippen LogP contribution in [0.3, 0.4) is 0 Å². The topological polar surface area (TPSA) is 34.1 Å². The molecule has 0 amide bonds. The zero-order valence-corrected chi connectivity index (χ0v) is 11.2. The zero-order valence-electron chi connectivity index (χ0n) is 9.57. The van der Waals surface area contributed by atoms with Crippen molar-refractivity contribution in [2.24, 2.45) is 0 Å². The second kappa shape index (κ2) is 6.59. The van der Waals surface area contributed by atoms with Gasteiger partial charge in [0.25, 0.3) is 0 Å². The molecular weight excluding hydrogens is 240 g/mol. The summed E-state index contributed by atoms with van der Waals surface area (Å²) >= 11 is 3.68. The lowest BCUT2D eigenvalue weighted by atomic mass is 10.4. The molecule has 0 radical (unpaired) electrons. The molecule has 0 bridgehead atoms. The number of nitrogens with zero attached hydrogens (tertiary/aromatic N) is 1. The lowest BCUT2D eigenvalue weighted by molar-refractivity contribution is 0.0754. The first-order valence-electron chi connectivity index (χ1n) is 5.74. The van der Waals surface area contributed by atoms with E-state index in [0.29, 0.717) is 0 Å². The highest BCUT2D eigenvalue weighted by atomic mass is 32.2. The van der Waals surface area contributed by atoms with Crippen LogP contribution in [0.5, 0.6) is 0 Å². The van der Waals surface area contributed by atoms with Gasteiger partial charge in [-0.3, -0.25) is 0 Å². The van der Waals surface area contributed by atoms with E-state index in [1.165, 1.54) is 6.42 Å². The number of ether oxygens (including phenoxy) is 1. The third kappa shape index (κ3) is 3.45. The van der Waals surface area contributed by atoms with Gasteiger partial charge >= 0.3 is 0 Å². The normalized spacial score (nSPS) is 21.2. The van der Waals surface area contributed by atoms with Gasteiger partial charge in [-0.15, -0.1) is 11.3 Å². The fraction of sp³-hybridized carbons (Fsp3) is 0.727. The number of aromatic nitrogens is 1. The smallest absolute Gasteiger partial charge is 0.123 e. The van der Waals surface area contributed by atoms with Crippen molar-refractivity contribution in [1.82, 2.24) is 10.3 Å². The van der Waals surface area contributed by atoms with Gasteiger partial charge in [0, 0.05) is 23.4 Å². The SMILES string of the molecule is CCCNCc1csc(C2CSCCO2)n1. The van der Waals surface area contributed by atoms with Crippen LogP contribution < -0.4 is 5.32 Å². The van der Waals surface area contributed by atoms with Crippen LogP contribution in [0.2, 0.25) is 0 Å². The van der Waals surface area contributed by atoms with Crippen molar-refractivity contribution < 1.29 is 4.74 Å². The van der Waals surface area contributed by atoms with Gasteiger partial charge in [0.2, 0.25) is 0 Å². The molecule has 16 heavy (non-hydrogen) atoms. The Morgan fingerprint density at radius 1 is 1.62 bits per heavy atom. The van der Waals surface area contributed by atoms with Crippen LogP contribution >= 0.6 is 23.1 Å². The number of nitrogens with one attached hydrogen (secondary N) is 1. The summed E-state index contributed by atoms with van der Waals surface area (Å²) in [6, 6.07) is 0. The van der Waals surface area contributed by atoms with E-state index < -0.39 is 0 Å². The molecule has 1 aromatic rings. The largest absolute Gasteiger partial charge is 0.369 e. The maximum Gasteiger partial charge on any atom is 0.123 e. The first-order chi connectivity index (χ1) is 7.90. The van der Waals surface area contributed by atoms with E-state index in [4.69, 9.17) is 4.74 Å². The quantitative estimate of drug-likeness (QED) is 0.823. The summed E-state index contributed by atoms with van der Waals surface area (Å²) in [6.07, 6.45) is 1.39.